The Morgan fingerprint density at radius 3 is 2.11 bits per heavy atom. The van der Waals surface area contributed by atoms with Crippen molar-refractivity contribution in [3.05, 3.63) is 0 Å². The van der Waals surface area contributed by atoms with Crippen molar-refractivity contribution in [1.29, 1.82) is 0 Å². The van der Waals surface area contributed by atoms with Gasteiger partial charge in [-0.2, -0.15) is 0 Å². The van der Waals surface area contributed by atoms with E-state index in [1.165, 1.54) is 38.8 Å². The van der Waals surface area contributed by atoms with Crippen LogP contribution in [-0.4, -0.2) is 73.5 Å². The Bertz CT molecular complexity index is 442. The first-order chi connectivity index (χ1) is 12.7. The molecular formula is C20H40IN5O. The molecule has 0 aromatic rings. The van der Waals surface area contributed by atoms with E-state index in [4.69, 9.17) is 0 Å². The number of guanidine groups is 1. The minimum Gasteiger partial charge on any atom is -0.357 e. The lowest BCUT2D eigenvalue weighted by atomic mass is 9.93. The summed E-state index contributed by atoms with van der Waals surface area (Å²) in [7, 11) is 0. The molecule has 158 valence electrons. The van der Waals surface area contributed by atoms with Gasteiger partial charge < -0.3 is 15.5 Å². The Balaban J connectivity index is 0.00000364. The molecule has 2 fully saturated rings. The first kappa shape index (κ1) is 24.5. The predicted molar refractivity (Wildman–Crippen MR) is 124 cm³/mol. The van der Waals surface area contributed by atoms with E-state index in [-0.39, 0.29) is 36.4 Å². The van der Waals surface area contributed by atoms with Crippen LogP contribution in [0.2, 0.25) is 0 Å². The molecule has 2 aliphatic heterocycles. The van der Waals surface area contributed by atoms with Crippen LogP contribution in [0.25, 0.3) is 0 Å². The molecule has 0 saturated carbocycles. The predicted octanol–water partition coefficient (Wildman–Crippen LogP) is 2.68. The summed E-state index contributed by atoms with van der Waals surface area (Å²) in [6.07, 6.45) is 7.30. The average molecular weight is 493 g/mol. The highest BCUT2D eigenvalue weighted by Crippen LogP contribution is 2.22. The number of carbonyl (C=O) groups is 1. The number of carbonyl (C=O) groups excluding carboxylic acids is 1. The second kappa shape index (κ2) is 13.6. The Morgan fingerprint density at radius 2 is 1.56 bits per heavy atom. The molecule has 2 heterocycles. The van der Waals surface area contributed by atoms with E-state index in [9.17, 15) is 4.79 Å². The maximum atomic E-state index is 12.3. The highest BCUT2D eigenvalue weighted by atomic mass is 127. The van der Waals surface area contributed by atoms with Gasteiger partial charge in [0.25, 0.3) is 0 Å². The van der Waals surface area contributed by atoms with Crippen LogP contribution in [-0.2, 0) is 4.79 Å². The fourth-order valence-corrected chi connectivity index (χ4v) is 4.26. The Morgan fingerprint density at radius 1 is 0.963 bits per heavy atom. The minimum atomic E-state index is 0. The van der Waals surface area contributed by atoms with Crippen LogP contribution in [0.5, 0.6) is 0 Å². The molecule has 1 atom stereocenters. The molecule has 1 unspecified atom stereocenters. The van der Waals surface area contributed by atoms with E-state index in [1.807, 2.05) is 4.90 Å². The van der Waals surface area contributed by atoms with Gasteiger partial charge in [0.15, 0.2) is 5.96 Å². The third-order valence-corrected chi connectivity index (χ3v) is 5.86. The molecular weight excluding hydrogens is 453 g/mol. The van der Waals surface area contributed by atoms with Gasteiger partial charge in [0.1, 0.15) is 6.54 Å². The summed E-state index contributed by atoms with van der Waals surface area (Å²) in [6.45, 7) is 12.8. The summed E-state index contributed by atoms with van der Waals surface area (Å²) in [5.41, 5.74) is 0. The molecule has 0 radical (unpaired) electrons. The van der Waals surface area contributed by atoms with Crippen molar-refractivity contribution in [2.24, 2.45) is 10.9 Å². The summed E-state index contributed by atoms with van der Waals surface area (Å²) in [5.74, 6) is 1.63. The number of hydrogen-bond donors (Lipinski definition) is 2. The second-order valence-corrected chi connectivity index (χ2v) is 7.55. The number of nitrogens with one attached hydrogen (secondary N) is 2. The zero-order valence-electron chi connectivity index (χ0n) is 17.5. The number of halogens is 1. The number of likely N-dealkylation sites (tertiary alicyclic amines) is 2. The SMILES string of the molecule is CCNC(=NCC(=O)N1CCCC1)NCC(C(CC)CC)N1CCCC1.I. The lowest BCUT2D eigenvalue weighted by Gasteiger charge is -2.34. The highest BCUT2D eigenvalue weighted by Gasteiger charge is 2.27. The lowest BCUT2D eigenvalue weighted by molar-refractivity contribution is -0.128. The normalized spacial score (nSPS) is 19.3. The van der Waals surface area contributed by atoms with Crippen molar-refractivity contribution in [2.75, 3.05) is 45.8 Å². The van der Waals surface area contributed by atoms with Crippen molar-refractivity contribution >= 4 is 35.8 Å². The first-order valence-electron chi connectivity index (χ1n) is 10.7. The van der Waals surface area contributed by atoms with Crippen molar-refractivity contribution in [3.8, 4) is 0 Å². The number of amides is 1. The van der Waals surface area contributed by atoms with E-state index in [1.54, 1.807) is 0 Å². The molecule has 2 rings (SSSR count). The van der Waals surface area contributed by atoms with Gasteiger partial charge in [-0.05, 0) is 51.6 Å². The topological polar surface area (TPSA) is 60.0 Å². The van der Waals surface area contributed by atoms with Gasteiger partial charge >= 0.3 is 0 Å². The molecule has 2 aliphatic rings. The maximum Gasteiger partial charge on any atom is 0.244 e. The van der Waals surface area contributed by atoms with Crippen molar-refractivity contribution in [2.45, 2.75) is 65.3 Å². The zero-order valence-corrected chi connectivity index (χ0v) is 19.8. The third-order valence-electron chi connectivity index (χ3n) is 5.86. The van der Waals surface area contributed by atoms with E-state index in [2.05, 4.69) is 41.3 Å². The van der Waals surface area contributed by atoms with Crippen molar-refractivity contribution in [1.82, 2.24) is 20.4 Å². The number of aliphatic imine (C=N–C) groups is 1. The molecule has 27 heavy (non-hydrogen) atoms. The fraction of sp³-hybridized carbons (Fsp3) is 0.900. The molecule has 1 amide bonds. The van der Waals surface area contributed by atoms with E-state index < -0.39 is 0 Å². The molecule has 0 aromatic heterocycles. The summed E-state index contributed by atoms with van der Waals surface area (Å²) in [6, 6.07) is 0.547. The number of hydrogen-bond acceptors (Lipinski definition) is 3. The molecule has 0 aliphatic carbocycles. The molecule has 0 aromatic carbocycles. The Hall–Kier alpha value is -0.570. The van der Waals surface area contributed by atoms with Crippen molar-refractivity contribution in [3.63, 3.8) is 0 Å². The quantitative estimate of drug-likeness (QED) is 0.295. The Kier molecular flexibility index (Phi) is 12.3. The summed E-state index contributed by atoms with van der Waals surface area (Å²) in [5, 5.41) is 6.82. The monoisotopic (exact) mass is 493 g/mol. The van der Waals surface area contributed by atoms with E-state index in [0.717, 1.165) is 45.0 Å². The van der Waals surface area contributed by atoms with Gasteiger partial charge in [-0.1, -0.05) is 26.7 Å². The van der Waals surface area contributed by atoms with Gasteiger partial charge in [-0.25, -0.2) is 4.99 Å². The fourth-order valence-electron chi connectivity index (χ4n) is 4.26. The average Bonchev–Trinajstić information content (AvgIpc) is 3.36. The number of rotatable bonds is 9. The van der Waals surface area contributed by atoms with Crippen LogP contribution in [0.4, 0.5) is 0 Å². The molecule has 0 spiro atoms. The highest BCUT2D eigenvalue weighted by molar-refractivity contribution is 14.0. The van der Waals surface area contributed by atoms with Crippen LogP contribution in [0, 0.1) is 5.92 Å². The van der Waals surface area contributed by atoms with Crippen molar-refractivity contribution < 1.29 is 4.79 Å². The minimum absolute atomic E-state index is 0. The van der Waals surface area contributed by atoms with Crippen LogP contribution < -0.4 is 10.6 Å². The van der Waals surface area contributed by atoms with Gasteiger partial charge in [0.05, 0.1) is 0 Å². The summed E-state index contributed by atoms with van der Waals surface area (Å²) < 4.78 is 0. The van der Waals surface area contributed by atoms with Crippen LogP contribution >= 0.6 is 24.0 Å². The largest absolute Gasteiger partial charge is 0.357 e. The standard InChI is InChI=1S/C20H39N5O.HI/c1-4-17(5-2)18(24-11-7-8-12-24)15-22-20(21-6-3)23-16-19(26)25-13-9-10-14-25;/h17-18H,4-16H2,1-3H3,(H2,21,22,23);1H. The summed E-state index contributed by atoms with van der Waals surface area (Å²) in [4.78, 5) is 21.4. The second-order valence-electron chi connectivity index (χ2n) is 7.55. The van der Waals surface area contributed by atoms with Gasteiger partial charge in [0, 0.05) is 32.2 Å². The van der Waals surface area contributed by atoms with E-state index in [0.29, 0.717) is 12.0 Å². The molecule has 0 bridgehead atoms. The van der Waals surface area contributed by atoms with Gasteiger partial charge in [-0.15, -0.1) is 24.0 Å². The maximum absolute atomic E-state index is 12.3. The zero-order chi connectivity index (χ0) is 18.8. The van der Waals surface area contributed by atoms with Crippen LogP contribution in [0.3, 0.4) is 0 Å². The van der Waals surface area contributed by atoms with Crippen LogP contribution in [0.15, 0.2) is 4.99 Å². The molecule has 2 saturated heterocycles. The number of nitrogens with zero attached hydrogens (tertiary/aromatic N) is 3. The molecule has 6 nitrogen and oxygen atoms in total. The summed E-state index contributed by atoms with van der Waals surface area (Å²) >= 11 is 0. The van der Waals surface area contributed by atoms with Crippen LogP contribution in [0.1, 0.15) is 59.3 Å². The van der Waals surface area contributed by atoms with E-state index >= 15 is 0 Å². The van der Waals surface area contributed by atoms with Gasteiger partial charge in [-0.3, -0.25) is 9.69 Å². The lowest BCUT2D eigenvalue weighted by Crippen LogP contribution is -2.49. The van der Waals surface area contributed by atoms with Gasteiger partial charge in [0.2, 0.25) is 5.91 Å². The third kappa shape index (κ3) is 7.75. The smallest absolute Gasteiger partial charge is 0.244 e. The molecule has 2 N–H and O–H groups in total. The first-order valence-corrected chi connectivity index (χ1v) is 10.7. The molecule has 7 heteroatoms. The Labute approximate surface area is 182 Å².